The molecule has 0 radical (unpaired) electrons. The first-order valence-electron chi connectivity index (χ1n) is 16.0. The summed E-state index contributed by atoms with van der Waals surface area (Å²) < 4.78 is 5.66. The Morgan fingerprint density at radius 2 is 1.02 bits per heavy atom. The Balaban J connectivity index is 0.000000160. The van der Waals surface area contributed by atoms with Crippen LogP contribution in [-0.4, -0.2) is 29.1 Å². The van der Waals surface area contributed by atoms with Gasteiger partial charge in [-0.05, 0) is 102 Å². The minimum atomic E-state index is 0. The molecule has 9 rings (SSSR count). The van der Waals surface area contributed by atoms with Crippen molar-refractivity contribution in [3.05, 3.63) is 162 Å². The number of hydrogen-bond acceptors (Lipinski definition) is 4. The van der Waals surface area contributed by atoms with Gasteiger partial charge in [-0.1, -0.05) is 60.3 Å². The predicted molar refractivity (Wildman–Crippen MR) is 212 cm³/mol. The molecular weight excluding hydrogens is 680 g/mol. The molecule has 0 saturated carbocycles. The highest BCUT2D eigenvalue weighted by atomic mass is 79.9. The van der Waals surface area contributed by atoms with Crippen LogP contribution in [0.15, 0.2) is 146 Å². The highest BCUT2D eigenvalue weighted by Crippen LogP contribution is 2.34. The molecule has 0 amide bonds. The zero-order chi connectivity index (χ0) is 33.5. The summed E-state index contributed by atoms with van der Waals surface area (Å²) in [5.41, 5.74) is 12.9. The SMILES string of the molecule is C.C=Cc1cccc(-c2ccc(-n3c4ccncc4c4cnccc43)cc2C)c1.Cc1cc(-n2c3ccncc3c3cnccc32)ccc1Br. The maximum atomic E-state index is 4.31. The number of aromatic nitrogens is 6. The highest BCUT2D eigenvalue weighted by Gasteiger charge is 2.14. The second-order valence-electron chi connectivity index (χ2n) is 12.0. The summed E-state index contributed by atoms with van der Waals surface area (Å²) in [6, 6.07) is 29.7. The van der Waals surface area contributed by atoms with E-state index < -0.39 is 0 Å². The highest BCUT2D eigenvalue weighted by molar-refractivity contribution is 9.10. The zero-order valence-electron chi connectivity index (χ0n) is 27.0. The summed E-state index contributed by atoms with van der Waals surface area (Å²) in [6.45, 7) is 8.15. The third-order valence-electron chi connectivity index (χ3n) is 9.04. The van der Waals surface area contributed by atoms with Gasteiger partial charge in [0, 0.05) is 87.0 Å². The fraction of sp³-hybridized carbons (Fsp3) is 0.0698. The standard InChI is InChI=1S/C25H19N3.C17H12BrN3.CH4/c1-3-18-5-4-6-19(14-18)21-8-7-20(13-17(21)2)28-24-9-11-26-15-22(24)23-16-27-12-10-25(23)28;1-11-8-12(2-3-15(11)18)21-16-4-6-19-9-13(16)14-10-20-7-5-17(14)21;/h3-16H,1H2,2H3;2-10H,1H3;1H4. The molecule has 0 saturated heterocycles. The van der Waals surface area contributed by atoms with Gasteiger partial charge in [0.05, 0.1) is 22.1 Å². The molecule has 0 fully saturated rings. The Bertz CT molecular complexity index is 2580. The van der Waals surface area contributed by atoms with Crippen LogP contribution in [0, 0.1) is 13.8 Å². The first-order valence-corrected chi connectivity index (χ1v) is 16.8. The molecule has 6 heterocycles. The summed E-state index contributed by atoms with van der Waals surface area (Å²) in [7, 11) is 0. The molecule has 50 heavy (non-hydrogen) atoms. The Labute approximate surface area is 299 Å². The van der Waals surface area contributed by atoms with Crippen LogP contribution in [0.25, 0.3) is 72.2 Å². The molecule has 0 unspecified atom stereocenters. The topological polar surface area (TPSA) is 61.4 Å². The fourth-order valence-corrected chi connectivity index (χ4v) is 6.93. The summed E-state index contributed by atoms with van der Waals surface area (Å²) in [5.74, 6) is 0. The van der Waals surface area contributed by atoms with Crippen molar-refractivity contribution in [2.24, 2.45) is 0 Å². The largest absolute Gasteiger partial charge is 0.309 e. The fourth-order valence-electron chi connectivity index (χ4n) is 6.69. The van der Waals surface area contributed by atoms with Gasteiger partial charge in [-0.15, -0.1) is 0 Å². The van der Waals surface area contributed by atoms with E-state index in [0.717, 1.165) is 65.0 Å². The number of nitrogens with zero attached hydrogens (tertiary/aromatic N) is 6. The van der Waals surface area contributed by atoms with E-state index in [1.807, 2.05) is 67.8 Å². The van der Waals surface area contributed by atoms with Crippen LogP contribution in [0.4, 0.5) is 0 Å². The summed E-state index contributed by atoms with van der Waals surface area (Å²) in [5, 5.41) is 4.49. The van der Waals surface area contributed by atoms with E-state index >= 15 is 0 Å². The summed E-state index contributed by atoms with van der Waals surface area (Å²) in [6.07, 6.45) is 16.9. The van der Waals surface area contributed by atoms with Gasteiger partial charge < -0.3 is 9.13 Å². The van der Waals surface area contributed by atoms with Crippen molar-refractivity contribution < 1.29 is 0 Å². The molecule has 0 N–H and O–H groups in total. The predicted octanol–water partition coefficient (Wildman–Crippen LogP) is 11.5. The van der Waals surface area contributed by atoms with E-state index in [4.69, 9.17) is 0 Å². The van der Waals surface area contributed by atoms with Crippen LogP contribution in [0.2, 0.25) is 0 Å². The Morgan fingerprint density at radius 1 is 0.560 bits per heavy atom. The lowest BCUT2D eigenvalue weighted by Crippen LogP contribution is -1.95. The van der Waals surface area contributed by atoms with Crippen molar-refractivity contribution in [2.45, 2.75) is 21.3 Å². The first kappa shape index (κ1) is 32.6. The first-order chi connectivity index (χ1) is 24.0. The van der Waals surface area contributed by atoms with Gasteiger partial charge in [0.2, 0.25) is 0 Å². The smallest absolute Gasteiger partial charge is 0.0572 e. The molecule has 9 aromatic rings. The zero-order valence-corrected chi connectivity index (χ0v) is 28.6. The number of fused-ring (bicyclic) bond motifs is 6. The van der Waals surface area contributed by atoms with Crippen molar-refractivity contribution in [1.29, 1.82) is 0 Å². The molecule has 0 spiro atoms. The monoisotopic (exact) mass is 714 g/mol. The molecular formula is C43H35BrN6. The van der Waals surface area contributed by atoms with Gasteiger partial charge in [0.1, 0.15) is 0 Å². The normalized spacial score (nSPS) is 11.0. The minimum absolute atomic E-state index is 0. The van der Waals surface area contributed by atoms with Crippen LogP contribution in [-0.2, 0) is 0 Å². The van der Waals surface area contributed by atoms with Gasteiger partial charge in [-0.3, -0.25) is 19.9 Å². The van der Waals surface area contributed by atoms with Crippen molar-refractivity contribution in [1.82, 2.24) is 29.1 Å². The second kappa shape index (κ2) is 13.5. The van der Waals surface area contributed by atoms with Crippen LogP contribution in [0.3, 0.4) is 0 Å². The van der Waals surface area contributed by atoms with Gasteiger partial charge in [0.25, 0.3) is 0 Å². The Hall–Kier alpha value is -5.92. The molecule has 0 bridgehead atoms. The van der Waals surface area contributed by atoms with Crippen molar-refractivity contribution in [2.75, 3.05) is 0 Å². The quantitative estimate of drug-likeness (QED) is 0.182. The van der Waals surface area contributed by atoms with E-state index in [2.05, 4.69) is 138 Å². The van der Waals surface area contributed by atoms with Crippen LogP contribution in [0.1, 0.15) is 24.1 Å². The second-order valence-corrected chi connectivity index (χ2v) is 12.9. The molecule has 3 aromatic carbocycles. The maximum absolute atomic E-state index is 4.31. The average molecular weight is 716 g/mol. The van der Waals surface area contributed by atoms with Crippen molar-refractivity contribution >= 4 is 65.6 Å². The minimum Gasteiger partial charge on any atom is -0.309 e. The van der Waals surface area contributed by atoms with Crippen molar-refractivity contribution in [3.63, 3.8) is 0 Å². The maximum Gasteiger partial charge on any atom is 0.0572 e. The average Bonchev–Trinajstić information content (AvgIpc) is 3.66. The molecule has 244 valence electrons. The molecule has 0 aliphatic rings. The number of pyridine rings is 4. The molecule has 0 aliphatic carbocycles. The third-order valence-corrected chi connectivity index (χ3v) is 9.93. The number of hydrogen-bond donors (Lipinski definition) is 0. The lowest BCUT2D eigenvalue weighted by atomic mass is 9.98. The molecule has 0 aliphatic heterocycles. The lowest BCUT2D eigenvalue weighted by Gasteiger charge is -2.12. The van der Waals surface area contributed by atoms with Crippen molar-refractivity contribution in [3.8, 4) is 22.5 Å². The molecule has 6 nitrogen and oxygen atoms in total. The van der Waals surface area contributed by atoms with Crippen LogP contribution in [0.5, 0.6) is 0 Å². The number of benzene rings is 3. The molecule has 6 aromatic heterocycles. The summed E-state index contributed by atoms with van der Waals surface area (Å²) in [4.78, 5) is 17.1. The van der Waals surface area contributed by atoms with Gasteiger partial charge in [-0.25, -0.2) is 0 Å². The number of rotatable bonds is 4. The number of halogens is 1. The molecule has 7 heteroatoms. The Morgan fingerprint density at radius 3 is 1.46 bits per heavy atom. The molecule has 0 atom stereocenters. The van der Waals surface area contributed by atoms with E-state index in [0.29, 0.717) is 0 Å². The Kier molecular flexibility index (Phi) is 8.83. The van der Waals surface area contributed by atoms with Crippen LogP contribution < -0.4 is 0 Å². The lowest BCUT2D eigenvalue weighted by molar-refractivity contribution is 1.16. The number of aryl methyl sites for hydroxylation is 2. The van der Waals surface area contributed by atoms with Crippen LogP contribution >= 0.6 is 15.9 Å². The van der Waals surface area contributed by atoms with Gasteiger partial charge in [0.15, 0.2) is 0 Å². The van der Waals surface area contributed by atoms with E-state index in [1.54, 1.807) is 0 Å². The summed E-state index contributed by atoms with van der Waals surface area (Å²) >= 11 is 3.56. The van der Waals surface area contributed by atoms with Gasteiger partial charge in [-0.2, -0.15) is 0 Å². The van der Waals surface area contributed by atoms with E-state index in [9.17, 15) is 0 Å². The van der Waals surface area contributed by atoms with Gasteiger partial charge >= 0.3 is 0 Å². The van der Waals surface area contributed by atoms with E-state index in [-0.39, 0.29) is 7.43 Å². The van der Waals surface area contributed by atoms with E-state index in [1.165, 1.54) is 22.3 Å². The third kappa shape index (κ3) is 5.65.